The summed E-state index contributed by atoms with van der Waals surface area (Å²) < 4.78 is 22.4. The molecule has 0 radical (unpaired) electrons. The van der Waals surface area contributed by atoms with Gasteiger partial charge in [-0.05, 0) is 38.3 Å². The van der Waals surface area contributed by atoms with Gasteiger partial charge in [0.25, 0.3) is 0 Å². The van der Waals surface area contributed by atoms with E-state index in [1.54, 1.807) is 13.2 Å². The SMILES string of the molecule is CN=C(NCCCCNc1ccccn1)NC(C)CCS(C)(=O)=O.I. The second-order valence-corrected chi connectivity index (χ2v) is 8.07. The van der Waals surface area contributed by atoms with E-state index in [1.807, 2.05) is 25.1 Å². The van der Waals surface area contributed by atoms with E-state index < -0.39 is 9.84 Å². The first-order chi connectivity index (χ1) is 11.4. The molecule has 9 heteroatoms. The first-order valence-corrected chi connectivity index (χ1v) is 10.3. The molecule has 1 heterocycles. The van der Waals surface area contributed by atoms with Crippen LogP contribution in [0.1, 0.15) is 26.2 Å². The van der Waals surface area contributed by atoms with Gasteiger partial charge in [0.15, 0.2) is 5.96 Å². The van der Waals surface area contributed by atoms with Gasteiger partial charge in [0, 0.05) is 38.6 Å². The number of pyridine rings is 1. The Hall–Kier alpha value is -1.10. The monoisotopic (exact) mass is 483 g/mol. The fourth-order valence-corrected chi connectivity index (χ4v) is 2.81. The molecule has 3 N–H and O–H groups in total. The molecule has 0 saturated heterocycles. The zero-order valence-corrected chi connectivity index (χ0v) is 18.3. The van der Waals surface area contributed by atoms with E-state index in [4.69, 9.17) is 0 Å². The molecular formula is C16H30IN5O2S. The van der Waals surface area contributed by atoms with Gasteiger partial charge in [-0.1, -0.05) is 6.07 Å². The van der Waals surface area contributed by atoms with Crippen molar-refractivity contribution in [1.82, 2.24) is 15.6 Å². The minimum atomic E-state index is -2.92. The van der Waals surface area contributed by atoms with Crippen LogP contribution in [0, 0.1) is 0 Å². The van der Waals surface area contributed by atoms with Crippen LogP contribution in [0.4, 0.5) is 5.82 Å². The maximum atomic E-state index is 11.2. The molecule has 0 aliphatic heterocycles. The van der Waals surface area contributed by atoms with E-state index >= 15 is 0 Å². The molecule has 144 valence electrons. The number of hydrogen-bond acceptors (Lipinski definition) is 5. The lowest BCUT2D eigenvalue weighted by Crippen LogP contribution is -2.43. The molecule has 0 fully saturated rings. The number of nitrogens with one attached hydrogen (secondary N) is 3. The molecule has 0 bridgehead atoms. The Labute approximate surface area is 168 Å². The smallest absolute Gasteiger partial charge is 0.191 e. The van der Waals surface area contributed by atoms with Crippen LogP contribution in [0.25, 0.3) is 0 Å². The number of sulfone groups is 1. The van der Waals surface area contributed by atoms with Crippen molar-refractivity contribution >= 4 is 45.6 Å². The van der Waals surface area contributed by atoms with Gasteiger partial charge in [-0.25, -0.2) is 13.4 Å². The molecule has 0 spiro atoms. The summed E-state index contributed by atoms with van der Waals surface area (Å²) in [5, 5.41) is 9.72. The summed E-state index contributed by atoms with van der Waals surface area (Å²) in [6.45, 7) is 3.63. The van der Waals surface area contributed by atoms with E-state index in [0.717, 1.165) is 31.7 Å². The van der Waals surface area contributed by atoms with Gasteiger partial charge in [-0.15, -0.1) is 24.0 Å². The van der Waals surface area contributed by atoms with Crippen LogP contribution in [0.15, 0.2) is 29.4 Å². The molecule has 1 aromatic heterocycles. The van der Waals surface area contributed by atoms with E-state index in [0.29, 0.717) is 12.4 Å². The summed E-state index contributed by atoms with van der Waals surface area (Å²) >= 11 is 0. The second-order valence-electron chi connectivity index (χ2n) is 5.81. The third-order valence-corrected chi connectivity index (χ3v) is 4.37. The standard InChI is InChI=1S/C16H29N5O2S.HI/c1-14(9-13-24(3,22)23)21-16(17-2)20-12-7-6-11-19-15-8-4-5-10-18-15;/h4-5,8,10,14H,6-7,9,11-13H2,1-3H3,(H,18,19)(H2,17,20,21);1H. The maximum absolute atomic E-state index is 11.2. The van der Waals surface area contributed by atoms with Gasteiger partial charge in [0.1, 0.15) is 15.7 Å². The Balaban J connectivity index is 0.00000576. The topological polar surface area (TPSA) is 95.5 Å². The van der Waals surface area contributed by atoms with Crippen LogP contribution in [0.2, 0.25) is 0 Å². The van der Waals surface area contributed by atoms with Crippen molar-refractivity contribution < 1.29 is 8.42 Å². The first-order valence-electron chi connectivity index (χ1n) is 8.20. The fraction of sp³-hybridized carbons (Fsp3) is 0.625. The van der Waals surface area contributed by atoms with Crippen LogP contribution in [0.3, 0.4) is 0 Å². The van der Waals surface area contributed by atoms with Crippen LogP contribution in [-0.2, 0) is 9.84 Å². The van der Waals surface area contributed by atoms with Crippen LogP contribution in [-0.4, -0.2) is 57.5 Å². The average molecular weight is 483 g/mol. The highest BCUT2D eigenvalue weighted by molar-refractivity contribution is 14.0. The Morgan fingerprint density at radius 1 is 1.28 bits per heavy atom. The summed E-state index contributed by atoms with van der Waals surface area (Å²) in [6, 6.07) is 5.85. The highest BCUT2D eigenvalue weighted by Gasteiger charge is 2.09. The lowest BCUT2D eigenvalue weighted by Gasteiger charge is -2.17. The van der Waals surface area contributed by atoms with Crippen molar-refractivity contribution in [2.24, 2.45) is 4.99 Å². The number of rotatable bonds is 10. The number of anilines is 1. The van der Waals surface area contributed by atoms with Gasteiger partial charge in [0.2, 0.25) is 0 Å². The first kappa shape index (κ1) is 23.9. The predicted molar refractivity (Wildman–Crippen MR) is 116 cm³/mol. The van der Waals surface area contributed by atoms with Crippen molar-refractivity contribution in [2.45, 2.75) is 32.2 Å². The number of guanidine groups is 1. The van der Waals surface area contributed by atoms with Crippen molar-refractivity contribution in [2.75, 3.05) is 37.5 Å². The van der Waals surface area contributed by atoms with Crippen molar-refractivity contribution in [3.8, 4) is 0 Å². The van der Waals surface area contributed by atoms with Crippen LogP contribution in [0.5, 0.6) is 0 Å². The Morgan fingerprint density at radius 3 is 2.60 bits per heavy atom. The molecule has 0 aliphatic rings. The van der Waals surface area contributed by atoms with Gasteiger partial charge < -0.3 is 16.0 Å². The summed E-state index contributed by atoms with van der Waals surface area (Å²) in [6.07, 6.45) is 5.60. The number of unbranched alkanes of at least 4 members (excludes halogenated alkanes) is 1. The summed E-state index contributed by atoms with van der Waals surface area (Å²) in [7, 11) is -1.21. The molecule has 7 nitrogen and oxygen atoms in total. The maximum Gasteiger partial charge on any atom is 0.191 e. The zero-order valence-electron chi connectivity index (χ0n) is 15.2. The third-order valence-electron chi connectivity index (χ3n) is 3.40. The van der Waals surface area contributed by atoms with Crippen LogP contribution >= 0.6 is 24.0 Å². The minimum absolute atomic E-state index is 0. The fourth-order valence-electron chi connectivity index (χ4n) is 2.03. The lowest BCUT2D eigenvalue weighted by atomic mass is 10.2. The van der Waals surface area contributed by atoms with Crippen LogP contribution < -0.4 is 16.0 Å². The highest BCUT2D eigenvalue weighted by atomic mass is 127. The number of aliphatic imine (C=N–C) groups is 1. The highest BCUT2D eigenvalue weighted by Crippen LogP contribution is 2.00. The Morgan fingerprint density at radius 2 is 2.00 bits per heavy atom. The predicted octanol–water partition coefficient (Wildman–Crippen LogP) is 1.88. The third kappa shape index (κ3) is 12.9. The zero-order chi connectivity index (χ0) is 17.8. The van der Waals surface area contributed by atoms with Crippen molar-refractivity contribution in [1.29, 1.82) is 0 Å². The van der Waals surface area contributed by atoms with Gasteiger partial charge in [-0.2, -0.15) is 0 Å². The second kappa shape index (κ2) is 13.2. The number of hydrogen-bond donors (Lipinski definition) is 3. The van der Waals surface area contributed by atoms with Gasteiger partial charge >= 0.3 is 0 Å². The minimum Gasteiger partial charge on any atom is -0.370 e. The summed E-state index contributed by atoms with van der Waals surface area (Å²) in [4.78, 5) is 8.36. The molecule has 0 amide bonds. The molecule has 1 aromatic rings. The van der Waals surface area contributed by atoms with E-state index in [-0.39, 0.29) is 35.8 Å². The van der Waals surface area contributed by atoms with Crippen molar-refractivity contribution in [3.63, 3.8) is 0 Å². The molecule has 1 unspecified atom stereocenters. The number of aromatic nitrogens is 1. The normalized spacial score (nSPS) is 12.8. The Bertz CT molecular complexity index is 596. The van der Waals surface area contributed by atoms with E-state index in [1.165, 1.54) is 6.26 Å². The quantitative estimate of drug-likeness (QED) is 0.204. The Kier molecular flexibility index (Phi) is 12.6. The average Bonchev–Trinajstić information content (AvgIpc) is 2.55. The largest absolute Gasteiger partial charge is 0.370 e. The molecule has 0 aliphatic carbocycles. The summed E-state index contributed by atoms with van der Waals surface area (Å²) in [5.74, 6) is 1.77. The molecule has 1 atom stereocenters. The molecular weight excluding hydrogens is 453 g/mol. The molecule has 25 heavy (non-hydrogen) atoms. The lowest BCUT2D eigenvalue weighted by molar-refractivity contribution is 0.580. The molecule has 0 saturated carbocycles. The van der Waals surface area contributed by atoms with E-state index in [9.17, 15) is 8.42 Å². The van der Waals surface area contributed by atoms with Gasteiger partial charge in [0.05, 0.1) is 5.75 Å². The number of halogens is 1. The molecule has 0 aromatic carbocycles. The van der Waals surface area contributed by atoms with Crippen molar-refractivity contribution in [3.05, 3.63) is 24.4 Å². The van der Waals surface area contributed by atoms with Gasteiger partial charge in [-0.3, -0.25) is 4.99 Å². The number of nitrogens with zero attached hydrogens (tertiary/aromatic N) is 2. The summed E-state index contributed by atoms with van der Waals surface area (Å²) in [5.41, 5.74) is 0. The molecule has 1 rings (SSSR count). The van der Waals surface area contributed by atoms with E-state index in [2.05, 4.69) is 25.9 Å².